The number of aliphatic hydroxyl groups excluding tert-OH is 1. The highest BCUT2D eigenvalue weighted by molar-refractivity contribution is 6.32. The molecule has 1 aromatic carbocycles. The van der Waals surface area contributed by atoms with Crippen LogP contribution in [0, 0.1) is 6.92 Å². The Morgan fingerprint density at radius 1 is 1.15 bits per heavy atom. The van der Waals surface area contributed by atoms with E-state index in [0.717, 1.165) is 5.56 Å². The molecular weight excluding hydrogens is 377 g/mol. The summed E-state index contributed by atoms with van der Waals surface area (Å²) in [5.74, 6) is 0.955. The number of benzene rings is 1. The molecule has 0 fully saturated rings. The van der Waals surface area contributed by atoms with Crippen LogP contribution in [0.25, 0.3) is 0 Å². The van der Waals surface area contributed by atoms with Crippen LogP contribution in [0.1, 0.15) is 19.4 Å². The number of hydrogen-bond donors (Lipinski definition) is 2. The fraction of sp³-hybridized carbons (Fsp3) is 0.444. The maximum Gasteiger partial charge on any atom is 0.233 e. The summed E-state index contributed by atoms with van der Waals surface area (Å²) in [6, 6.07) is 8.78. The van der Waals surface area contributed by atoms with Crippen molar-refractivity contribution in [1.29, 1.82) is 0 Å². The van der Waals surface area contributed by atoms with Gasteiger partial charge in [0, 0.05) is 18.2 Å². The van der Waals surface area contributed by atoms with Gasteiger partial charge in [0.15, 0.2) is 5.15 Å². The molecule has 0 aliphatic rings. The molecule has 2 N–H and O–H groups in total. The van der Waals surface area contributed by atoms with E-state index in [9.17, 15) is 5.11 Å². The van der Waals surface area contributed by atoms with E-state index in [0.29, 0.717) is 35.0 Å². The van der Waals surface area contributed by atoms with Gasteiger partial charge in [-0.15, -0.1) is 10.2 Å². The molecule has 0 saturated heterocycles. The zero-order chi connectivity index (χ0) is 19.2. The van der Waals surface area contributed by atoms with Gasteiger partial charge in [0.1, 0.15) is 25.1 Å². The van der Waals surface area contributed by atoms with Gasteiger partial charge in [0.05, 0.1) is 5.02 Å². The first-order valence-electron chi connectivity index (χ1n) is 8.19. The normalized spacial score (nSPS) is 12.7. The average molecular weight is 400 g/mol. The van der Waals surface area contributed by atoms with Gasteiger partial charge in [-0.1, -0.05) is 29.3 Å². The van der Waals surface area contributed by atoms with Gasteiger partial charge >= 0.3 is 0 Å². The van der Waals surface area contributed by atoms with E-state index in [4.69, 9.17) is 32.7 Å². The topological polar surface area (TPSA) is 76.5 Å². The number of aromatic nitrogens is 2. The second kappa shape index (κ2) is 9.37. The molecule has 0 radical (unpaired) electrons. The number of hydrogen-bond acceptors (Lipinski definition) is 6. The number of nitrogens with zero attached hydrogens (tertiary/aromatic N) is 2. The predicted molar refractivity (Wildman–Crippen MR) is 102 cm³/mol. The van der Waals surface area contributed by atoms with Crippen LogP contribution >= 0.6 is 23.2 Å². The summed E-state index contributed by atoms with van der Waals surface area (Å²) in [4.78, 5) is 0. The zero-order valence-electron chi connectivity index (χ0n) is 15.0. The fourth-order valence-electron chi connectivity index (χ4n) is 2.05. The Morgan fingerprint density at radius 2 is 1.92 bits per heavy atom. The number of halogens is 2. The molecule has 0 amide bonds. The molecule has 1 unspecified atom stereocenters. The van der Waals surface area contributed by atoms with Crippen molar-refractivity contribution in [3.05, 3.63) is 46.1 Å². The molecule has 0 aliphatic carbocycles. The summed E-state index contributed by atoms with van der Waals surface area (Å²) in [6.07, 6.45) is -0.693. The minimum atomic E-state index is -0.693. The molecule has 8 heteroatoms. The minimum absolute atomic E-state index is 0.135. The number of aliphatic hydroxyl groups is 1. The third-order valence-electron chi connectivity index (χ3n) is 3.52. The van der Waals surface area contributed by atoms with E-state index in [1.807, 2.05) is 32.9 Å². The molecule has 6 nitrogen and oxygen atoms in total. The molecule has 0 bridgehead atoms. The second-order valence-electron chi connectivity index (χ2n) is 6.65. The Labute approximate surface area is 163 Å². The Hall–Kier alpha value is -1.60. The maximum absolute atomic E-state index is 10.1. The maximum atomic E-state index is 10.1. The summed E-state index contributed by atoms with van der Waals surface area (Å²) in [6.45, 7) is 6.69. The third-order valence-corrected chi connectivity index (χ3v) is 4.04. The van der Waals surface area contributed by atoms with Crippen molar-refractivity contribution >= 4 is 23.2 Å². The van der Waals surface area contributed by atoms with Crippen molar-refractivity contribution in [2.75, 3.05) is 19.8 Å². The van der Waals surface area contributed by atoms with Gasteiger partial charge in [-0.3, -0.25) is 0 Å². The van der Waals surface area contributed by atoms with Gasteiger partial charge in [-0.25, -0.2) is 0 Å². The van der Waals surface area contributed by atoms with Gasteiger partial charge in [0.25, 0.3) is 0 Å². The van der Waals surface area contributed by atoms with Crippen LogP contribution < -0.4 is 14.8 Å². The zero-order valence-corrected chi connectivity index (χ0v) is 16.5. The van der Waals surface area contributed by atoms with Crippen LogP contribution in [0.2, 0.25) is 10.2 Å². The summed E-state index contributed by atoms with van der Waals surface area (Å²) in [7, 11) is 0. The summed E-state index contributed by atoms with van der Waals surface area (Å²) >= 11 is 11.8. The molecule has 0 saturated carbocycles. The quantitative estimate of drug-likeness (QED) is 0.673. The van der Waals surface area contributed by atoms with E-state index >= 15 is 0 Å². The lowest BCUT2D eigenvalue weighted by Crippen LogP contribution is -2.48. The highest BCUT2D eigenvalue weighted by Crippen LogP contribution is 2.25. The second-order valence-corrected chi connectivity index (χ2v) is 7.44. The lowest BCUT2D eigenvalue weighted by Gasteiger charge is -2.27. The first-order valence-corrected chi connectivity index (χ1v) is 8.95. The number of nitrogens with one attached hydrogen (secondary N) is 1. The predicted octanol–water partition coefficient (Wildman–Crippen LogP) is 3.28. The van der Waals surface area contributed by atoms with Crippen LogP contribution in [0.3, 0.4) is 0 Å². The van der Waals surface area contributed by atoms with Gasteiger partial charge in [-0.2, -0.15) is 0 Å². The standard InChI is InChI=1S/C18H23Cl2N3O3/c1-12-4-5-14(19)15(8-12)25-10-13(24)9-21-18(2,3)11-26-17-7-6-16(20)22-23-17/h4-8,13,21,24H,9-11H2,1-3H3. The van der Waals surface area contributed by atoms with Crippen LogP contribution in [0.15, 0.2) is 30.3 Å². The Kier molecular flexibility index (Phi) is 7.46. The molecule has 1 aromatic heterocycles. The Morgan fingerprint density at radius 3 is 2.62 bits per heavy atom. The fourth-order valence-corrected chi connectivity index (χ4v) is 2.32. The summed E-state index contributed by atoms with van der Waals surface area (Å²) in [5.41, 5.74) is 0.657. The van der Waals surface area contributed by atoms with Crippen molar-refractivity contribution in [2.45, 2.75) is 32.4 Å². The molecular formula is C18H23Cl2N3O3. The summed E-state index contributed by atoms with van der Waals surface area (Å²) < 4.78 is 11.2. The highest BCUT2D eigenvalue weighted by atomic mass is 35.5. The third kappa shape index (κ3) is 6.96. The smallest absolute Gasteiger partial charge is 0.233 e. The van der Waals surface area contributed by atoms with E-state index in [2.05, 4.69) is 15.5 Å². The Bertz CT molecular complexity index is 711. The average Bonchev–Trinajstić information content (AvgIpc) is 2.60. The van der Waals surface area contributed by atoms with Crippen LogP contribution in [-0.4, -0.2) is 46.7 Å². The first kappa shape index (κ1) is 20.7. The molecule has 2 aromatic rings. The van der Waals surface area contributed by atoms with E-state index in [1.165, 1.54) is 0 Å². The number of aryl methyl sites for hydroxylation is 1. The SMILES string of the molecule is Cc1ccc(Cl)c(OCC(O)CNC(C)(C)COc2ccc(Cl)nn2)c1. The van der Waals surface area contributed by atoms with Gasteiger partial charge < -0.3 is 19.9 Å². The molecule has 0 spiro atoms. The monoisotopic (exact) mass is 399 g/mol. The molecule has 0 aliphatic heterocycles. The van der Waals surface area contributed by atoms with Crippen LogP contribution in [0.4, 0.5) is 0 Å². The van der Waals surface area contributed by atoms with Crippen molar-refractivity contribution in [3.63, 3.8) is 0 Å². The molecule has 2 rings (SSSR count). The summed E-state index contributed by atoms with van der Waals surface area (Å²) in [5, 5.41) is 21.8. The van der Waals surface area contributed by atoms with Crippen molar-refractivity contribution in [3.8, 4) is 11.6 Å². The van der Waals surface area contributed by atoms with Crippen molar-refractivity contribution < 1.29 is 14.6 Å². The number of ether oxygens (including phenoxy) is 2. The highest BCUT2D eigenvalue weighted by Gasteiger charge is 2.20. The lowest BCUT2D eigenvalue weighted by molar-refractivity contribution is 0.0923. The Balaban J connectivity index is 1.75. The van der Waals surface area contributed by atoms with Gasteiger partial charge in [0.2, 0.25) is 5.88 Å². The van der Waals surface area contributed by atoms with Gasteiger partial charge in [-0.05, 0) is 44.5 Å². The van der Waals surface area contributed by atoms with E-state index < -0.39 is 6.10 Å². The van der Waals surface area contributed by atoms with Crippen molar-refractivity contribution in [1.82, 2.24) is 15.5 Å². The number of β-amino-alcohol motifs (C(OH)–C–C–N with tert-alkyl or cyclic N) is 1. The first-order chi connectivity index (χ1) is 12.2. The number of rotatable bonds is 9. The minimum Gasteiger partial charge on any atom is -0.489 e. The molecule has 1 atom stereocenters. The van der Waals surface area contributed by atoms with Crippen LogP contribution in [0.5, 0.6) is 11.6 Å². The molecule has 26 heavy (non-hydrogen) atoms. The lowest BCUT2D eigenvalue weighted by atomic mass is 10.1. The molecule has 1 heterocycles. The van der Waals surface area contributed by atoms with Crippen LogP contribution in [-0.2, 0) is 0 Å². The largest absolute Gasteiger partial charge is 0.489 e. The van der Waals surface area contributed by atoms with E-state index in [-0.39, 0.29) is 12.1 Å². The van der Waals surface area contributed by atoms with Crippen molar-refractivity contribution in [2.24, 2.45) is 0 Å². The van der Waals surface area contributed by atoms with E-state index in [1.54, 1.807) is 18.2 Å². The molecule has 142 valence electrons.